The number of aromatic nitrogens is 10. The Bertz CT molecular complexity index is 3110. The molecule has 5 heterocycles. The number of halogens is 1. The van der Waals surface area contributed by atoms with Crippen LogP contribution < -0.4 is 120 Å². The van der Waals surface area contributed by atoms with Gasteiger partial charge in [-0.05, 0) is 19.0 Å². The summed E-state index contributed by atoms with van der Waals surface area (Å²) in [6, 6.07) is 0.265. The van der Waals surface area contributed by atoms with Gasteiger partial charge in [0, 0.05) is 7.49 Å². The molecule has 74 heavy (non-hydrogen) atoms. The normalized spacial score (nSPS) is 8.27. The molecular formula is C30H47BrN19Na3O19S2. The fraction of sp³-hybridized carbons (Fsp3) is 0.267. The number of nitrogen functional groups attached to an aromatic ring is 4. The molecule has 0 atom stereocenters. The van der Waals surface area contributed by atoms with E-state index in [2.05, 4.69) is 82.5 Å². The van der Waals surface area contributed by atoms with Crippen molar-refractivity contribution in [3.8, 4) is 0 Å². The molecule has 398 valence electrons. The van der Waals surface area contributed by atoms with E-state index in [9.17, 15) is 52.9 Å². The number of primary amides is 3. The van der Waals surface area contributed by atoms with Crippen LogP contribution in [0.1, 0.15) is 22.2 Å². The Balaban J connectivity index is -0.000000113. The van der Waals surface area contributed by atoms with Gasteiger partial charge in [-0.3, -0.25) is 68.6 Å². The number of nitrogens with one attached hydrogen (secondary N) is 9. The molecule has 0 saturated heterocycles. The predicted molar refractivity (Wildman–Crippen MR) is 267 cm³/mol. The Labute approximate surface area is 476 Å². The summed E-state index contributed by atoms with van der Waals surface area (Å²) in [4.78, 5) is 158. The summed E-state index contributed by atoms with van der Waals surface area (Å²) in [6.07, 6.45) is 1.59. The number of rotatable bonds is 5. The Kier molecular flexibility index (Phi) is 58.1. The second kappa shape index (κ2) is 52.8. The Morgan fingerprint density at radius 2 is 1.23 bits per heavy atom. The number of nitrogens with two attached hydrogens (primary N) is 7. The van der Waals surface area contributed by atoms with Crippen molar-refractivity contribution in [2.75, 3.05) is 54.6 Å². The molecule has 5 aromatic rings. The van der Waals surface area contributed by atoms with Crippen LogP contribution in [0.5, 0.6) is 0 Å². The van der Waals surface area contributed by atoms with Crippen molar-refractivity contribution in [3.63, 3.8) is 0 Å². The first-order chi connectivity index (χ1) is 34.2. The second-order valence-electron chi connectivity index (χ2n) is 10.2. The molecule has 0 fully saturated rings. The summed E-state index contributed by atoms with van der Waals surface area (Å²) in [5.74, 6) is -1.00. The molecule has 5 rings (SSSR count). The zero-order valence-corrected chi connectivity index (χ0v) is 48.8. The number of aromatic amines is 9. The Morgan fingerprint density at radius 1 is 0.824 bits per heavy atom. The van der Waals surface area contributed by atoms with Gasteiger partial charge in [-0.15, -0.1) is 11.5 Å². The van der Waals surface area contributed by atoms with E-state index < -0.39 is 82.2 Å². The molecule has 0 aliphatic carbocycles. The molecule has 3 amide bonds. The molecule has 0 aromatic carbocycles. The number of hydrogen-bond donors (Lipinski definition) is 16. The number of esters is 2. The number of hydrogen-bond acceptors (Lipinski definition) is 25. The number of carbonyl (C=O) groups is 4. The molecule has 44 heteroatoms. The van der Waals surface area contributed by atoms with Crippen LogP contribution in [-0.2, 0) is 43.3 Å². The number of nitrogens with zero attached hydrogens (tertiary/aromatic N) is 3. The monoisotopic (exact) mass is 1200 g/mol. The van der Waals surface area contributed by atoms with E-state index in [1.165, 1.54) is 49.9 Å². The van der Waals surface area contributed by atoms with E-state index in [0.29, 0.717) is 18.5 Å². The van der Waals surface area contributed by atoms with Gasteiger partial charge in [0.05, 0.1) is 19.5 Å². The molecule has 0 aliphatic rings. The Morgan fingerprint density at radius 3 is 1.58 bits per heavy atom. The van der Waals surface area contributed by atoms with Crippen molar-refractivity contribution in [3.05, 3.63) is 112 Å². The van der Waals surface area contributed by atoms with Gasteiger partial charge in [0.1, 0.15) is 34.0 Å². The van der Waals surface area contributed by atoms with Gasteiger partial charge in [0.2, 0.25) is 22.3 Å². The molecule has 0 radical (unpaired) electrons. The quantitative estimate of drug-likeness (QED) is 0.0114. The van der Waals surface area contributed by atoms with Gasteiger partial charge in [0.15, 0.2) is 5.65 Å². The van der Waals surface area contributed by atoms with E-state index in [1.54, 1.807) is 25.8 Å². The zero-order chi connectivity index (χ0) is 58.2. The van der Waals surface area contributed by atoms with Gasteiger partial charge in [-0.2, -0.15) is 12.6 Å². The first-order valence-electron chi connectivity index (χ1n) is 18.6. The molecule has 0 unspecified atom stereocenters. The van der Waals surface area contributed by atoms with E-state index in [-0.39, 0.29) is 90.8 Å². The van der Waals surface area contributed by atoms with Crippen LogP contribution in [0.4, 0.5) is 33.6 Å². The number of urea groups is 1. The summed E-state index contributed by atoms with van der Waals surface area (Å²) in [5.41, 5.74) is 27.9. The van der Waals surface area contributed by atoms with Gasteiger partial charge in [-0.25, -0.2) is 40.3 Å². The third-order valence-corrected chi connectivity index (χ3v) is 6.04. The molecule has 0 aliphatic heterocycles. The molecule has 0 spiro atoms. The number of ether oxygens (including phenoxy) is 2. The minimum atomic E-state index is -2.46. The van der Waals surface area contributed by atoms with Crippen LogP contribution in [0.2, 0.25) is 0 Å². The topological polar surface area (TPSA) is 669 Å². The number of H-pyrrole nitrogens is 9. The van der Waals surface area contributed by atoms with E-state index in [0.717, 1.165) is 6.07 Å². The number of imidazole rings is 1. The fourth-order valence-corrected chi connectivity index (χ4v) is 3.09. The first kappa shape index (κ1) is 81.5. The van der Waals surface area contributed by atoms with Crippen molar-refractivity contribution < 1.29 is 77.4 Å². The zero-order valence-electron chi connectivity index (χ0n) is 39.6. The van der Waals surface area contributed by atoms with Crippen LogP contribution in [-0.4, -0.2) is 162 Å². The third-order valence-electron chi connectivity index (χ3n) is 5.14. The third kappa shape index (κ3) is 49.0. The molecule has 0 bridgehead atoms. The van der Waals surface area contributed by atoms with Crippen LogP contribution in [0.25, 0.3) is 16.0 Å². The number of amides is 3. The number of fused-ring (bicyclic) bond motifs is 1. The number of alkyl halides is 1. The summed E-state index contributed by atoms with van der Waals surface area (Å²) < 4.78 is 35.9. The average Bonchev–Trinajstić information content (AvgIpc) is 3.77. The van der Waals surface area contributed by atoms with E-state index >= 15 is 0 Å². The summed E-state index contributed by atoms with van der Waals surface area (Å²) in [7, 11) is -2.92. The number of anilines is 4. The van der Waals surface area contributed by atoms with Crippen molar-refractivity contribution >= 4 is 143 Å². The molecular weight excluding hydrogens is 1150 g/mol. The first-order valence-corrected chi connectivity index (χ1v) is 30.1. The maximum atomic E-state index is 10.9. The van der Waals surface area contributed by atoms with Crippen molar-refractivity contribution in [1.82, 2.24) is 49.8 Å². The molecule has 0 saturated carbocycles. The fourth-order valence-electron chi connectivity index (χ4n) is 2.93. The van der Waals surface area contributed by atoms with Crippen molar-refractivity contribution in [2.45, 2.75) is 20.8 Å². The Hall–Kier alpha value is -6.56. The van der Waals surface area contributed by atoms with Gasteiger partial charge < -0.3 is 64.5 Å². The van der Waals surface area contributed by atoms with Crippen LogP contribution >= 0.6 is 15.9 Å². The van der Waals surface area contributed by atoms with E-state index in [1.807, 2.05) is 15.0 Å². The predicted octanol–water partition coefficient (Wildman–Crippen LogP) is -10.8. The van der Waals surface area contributed by atoms with Crippen LogP contribution in [0.15, 0.2) is 55.9 Å². The average molecular weight is 1200 g/mol. The van der Waals surface area contributed by atoms with Crippen LogP contribution in [0, 0.1) is 11.5 Å². The SMILES string of the molecule is CCOC(=O)[13CH2]Br.CC[O-].NC(N)=O.NC=O.Nc1[13cH]c(=O)[nH]c(=O)[nH]1.Nc1[nH]c(=O)[nH]c(=O)[13c]1[15NH2].Nc1[nH]c(=O)[nH]c(=O)[13c]1[15N]=O.O=S=S(=O)=O.O=c1[nH]c(=O)[13c]2[15nH]cnc2[nH]1.[C-]#[N+][13CH2]C(=O)OCC.[HH].[Na+].[Na][Na]. The second-order valence-corrected chi connectivity index (χ2v) is 12.6. The van der Waals surface area contributed by atoms with Crippen molar-refractivity contribution in [1.29, 1.82) is 0 Å². The molecule has 5 aromatic heterocycles. The number of carbonyl (C=O) groups excluding carboxylic acids is 4. The van der Waals surface area contributed by atoms with Gasteiger partial charge >= 0.3 is 130 Å². The minimum absolute atomic E-state index is 0. The summed E-state index contributed by atoms with van der Waals surface area (Å²) >= 11 is 5.83. The number of nitroso groups, excluding NO2 is 1. The summed E-state index contributed by atoms with van der Waals surface area (Å²) in [5, 5.41) is 11.5. The van der Waals surface area contributed by atoms with E-state index in [4.69, 9.17) is 56.8 Å². The van der Waals surface area contributed by atoms with Gasteiger partial charge in [0.25, 0.3) is 22.2 Å². The standard InChI is InChI=1S/C5H4N4O2.C5H7NO2.C4H7BrO2.C4H4N4O3.C4H6N4O2.C4H5N3O2.C2H5O.CH4N2O.CH3NO.3Na.O3S2.H2/c10-4-2-3(7-1-6-2)8-5(11)9-4;1-3-8-5(7)4-6-2;1-2-7-4(6)3-5;5-2-1(8-11)3(9)7-4(10)6-2;5-1-2(6)7-4(10)8-3(1)9;5-2-1-3(8)7-4(9)6-2;1-2-3;2-1(3)4;2-1-3;;;;1-4-5(2)3;/h1H,(H3,6,7,8,9,10,11);3-4H2,1H3;2-3H2,1H3;(H4,5,6,7,9,10);5H2,(H4,6,7,8,9,10);1H,(H4,5,6,7,8,9);2H2,1H3;(H4,2,3,4);1H,(H2,2,3);;;;;1H/q;;;;;;-1;;;;;+1;;/i2+1,6+1;4+1;3+1;1+1,8+1;1+1,5+1;1+1;;;;;;;;. The molecule has 23 N–H and O–H groups in total. The summed E-state index contributed by atoms with van der Waals surface area (Å²) in [6.45, 7) is 12.0. The van der Waals surface area contributed by atoms with Crippen molar-refractivity contribution in [2.24, 2.45) is 22.4 Å². The maximum absolute atomic E-state index is 10.9. The molecule has 38 nitrogen and oxygen atoms in total. The van der Waals surface area contributed by atoms with Crippen LogP contribution in [0.3, 0.4) is 0 Å². The van der Waals surface area contributed by atoms with Gasteiger partial charge in [-0.1, -0.05) is 22.9 Å².